The molecule has 1 saturated carbocycles. The minimum Gasteiger partial charge on any atom is -0.298 e. The van der Waals surface area contributed by atoms with Crippen molar-refractivity contribution < 1.29 is 4.79 Å². The molecule has 0 spiro atoms. The van der Waals surface area contributed by atoms with Crippen molar-refractivity contribution in [2.24, 2.45) is 5.92 Å². The van der Waals surface area contributed by atoms with Crippen LogP contribution in [0, 0.1) is 5.92 Å². The van der Waals surface area contributed by atoms with E-state index < -0.39 is 0 Å². The minimum atomic E-state index is 0.371. The number of thioether (sulfide) groups is 1. The van der Waals surface area contributed by atoms with E-state index in [1.165, 1.54) is 11.8 Å². The normalized spacial score (nSPS) is 15.7. The molecule has 1 aliphatic carbocycles. The van der Waals surface area contributed by atoms with Crippen LogP contribution >= 0.6 is 11.8 Å². The fraction of sp³-hybridized carbons (Fsp3) is 0.400. The maximum absolute atomic E-state index is 11.3. The molecule has 0 atom stereocenters. The van der Waals surface area contributed by atoms with E-state index in [-0.39, 0.29) is 0 Å². The lowest BCUT2D eigenvalue weighted by molar-refractivity contribution is -0.117. The quantitative estimate of drug-likeness (QED) is 0.686. The molecule has 13 heavy (non-hydrogen) atoms. The molecule has 0 amide bonds. The van der Waals surface area contributed by atoms with Gasteiger partial charge < -0.3 is 0 Å². The predicted molar refractivity (Wildman–Crippen MR) is 52.7 cm³/mol. The lowest BCUT2D eigenvalue weighted by Gasteiger charge is -1.97. The molecule has 0 N–H and O–H groups in total. The Bertz CT molecular complexity index is 295. The molecule has 0 aromatic carbocycles. The van der Waals surface area contributed by atoms with Crippen LogP contribution in [0.1, 0.15) is 12.8 Å². The van der Waals surface area contributed by atoms with E-state index in [1.807, 2.05) is 18.2 Å². The highest BCUT2D eigenvalue weighted by atomic mass is 32.2. The molecule has 0 bridgehead atoms. The topological polar surface area (TPSA) is 30.0 Å². The van der Waals surface area contributed by atoms with Crippen molar-refractivity contribution in [1.82, 2.24) is 4.98 Å². The highest BCUT2D eigenvalue weighted by molar-refractivity contribution is 7.99. The average Bonchev–Trinajstić information content (AvgIpc) is 2.99. The smallest absolute Gasteiger partial charge is 0.146 e. The first-order chi connectivity index (χ1) is 6.36. The molecule has 3 heteroatoms. The first-order valence-electron chi connectivity index (χ1n) is 4.43. The van der Waals surface area contributed by atoms with Gasteiger partial charge in [0.1, 0.15) is 5.78 Å². The van der Waals surface area contributed by atoms with Crippen molar-refractivity contribution in [3.63, 3.8) is 0 Å². The molecule has 0 radical (unpaired) electrons. The van der Waals surface area contributed by atoms with E-state index in [1.54, 1.807) is 6.20 Å². The molecule has 0 saturated heterocycles. The van der Waals surface area contributed by atoms with Crippen LogP contribution in [-0.2, 0) is 4.79 Å². The predicted octanol–water partition coefficient (Wildman–Crippen LogP) is 2.15. The van der Waals surface area contributed by atoms with Crippen molar-refractivity contribution in [2.75, 3.05) is 5.75 Å². The zero-order valence-corrected chi connectivity index (χ0v) is 8.09. The van der Waals surface area contributed by atoms with Crippen LogP contribution in [0.25, 0.3) is 0 Å². The average molecular weight is 193 g/mol. The molecule has 1 fully saturated rings. The van der Waals surface area contributed by atoms with Gasteiger partial charge in [0.25, 0.3) is 0 Å². The Balaban J connectivity index is 1.82. The van der Waals surface area contributed by atoms with Gasteiger partial charge in [-0.3, -0.25) is 4.79 Å². The van der Waals surface area contributed by atoms with Crippen molar-refractivity contribution in [1.29, 1.82) is 0 Å². The Morgan fingerprint density at radius 1 is 1.54 bits per heavy atom. The second kappa shape index (κ2) is 3.92. The molecular formula is C10H11NOS. The van der Waals surface area contributed by atoms with Gasteiger partial charge in [0.15, 0.2) is 0 Å². The van der Waals surface area contributed by atoms with Gasteiger partial charge in [0, 0.05) is 12.1 Å². The number of hydrogen-bond donors (Lipinski definition) is 0. The summed E-state index contributed by atoms with van der Waals surface area (Å²) in [5.74, 6) is 1.34. The molecule has 0 unspecified atom stereocenters. The first kappa shape index (κ1) is 8.75. The SMILES string of the molecule is O=C(CSc1ccccn1)C1CC1. The van der Waals surface area contributed by atoms with E-state index >= 15 is 0 Å². The number of pyridine rings is 1. The zero-order valence-electron chi connectivity index (χ0n) is 7.27. The maximum atomic E-state index is 11.3. The Hall–Kier alpha value is -0.830. The van der Waals surface area contributed by atoms with Crippen LogP contribution in [0.3, 0.4) is 0 Å². The van der Waals surface area contributed by atoms with Crippen LogP contribution in [0.4, 0.5) is 0 Å². The summed E-state index contributed by atoms with van der Waals surface area (Å²) in [6.07, 6.45) is 3.95. The highest BCUT2D eigenvalue weighted by Gasteiger charge is 2.28. The number of carbonyl (C=O) groups excluding carboxylic acids is 1. The van der Waals surface area contributed by atoms with E-state index in [0.717, 1.165) is 17.9 Å². The molecule has 0 aliphatic heterocycles. The monoisotopic (exact) mass is 193 g/mol. The van der Waals surface area contributed by atoms with E-state index in [9.17, 15) is 4.79 Å². The van der Waals surface area contributed by atoms with E-state index in [0.29, 0.717) is 17.5 Å². The maximum Gasteiger partial charge on any atom is 0.146 e. The summed E-state index contributed by atoms with van der Waals surface area (Å²) in [6.45, 7) is 0. The lowest BCUT2D eigenvalue weighted by atomic mass is 10.3. The van der Waals surface area contributed by atoms with E-state index in [2.05, 4.69) is 4.98 Å². The van der Waals surface area contributed by atoms with Crippen molar-refractivity contribution in [2.45, 2.75) is 17.9 Å². The van der Waals surface area contributed by atoms with Crippen LogP contribution in [0.5, 0.6) is 0 Å². The van der Waals surface area contributed by atoms with Gasteiger partial charge >= 0.3 is 0 Å². The molecule has 1 aromatic heterocycles. The molecule has 1 heterocycles. The number of Topliss-reactive ketones (excluding diaryl/α,β-unsaturated/α-hetero) is 1. The van der Waals surface area contributed by atoms with Gasteiger partial charge in [0.2, 0.25) is 0 Å². The zero-order chi connectivity index (χ0) is 9.10. The van der Waals surface area contributed by atoms with Crippen LogP contribution in [-0.4, -0.2) is 16.5 Å². The van der Waals surface area contributed by atoms with Gasteiger partial charge in [-0.25, -0.2) is 4.98 Å². The van der Waals surface area contributed by atoms with Crippen LogP contribution in [0.15, 0.2) is 29.4 Å². The van der Waals surface area contributed by atoms with Crippen LogP contribution < -0.4 is 0 Å². The number of nitrogens with zero attached hydrogens (tertiary/aromatic N) is 1. The molecule has 1 aromatic rings. The minimum absolute atomic E-state index is 0.371. The second-order valence-corrected chi connectivity index (χ2v) is 4.19. The first-order valence-corrected chi connectivity index (χ1v) is 5.41. The van der Waals surface area contributed by atoms with Gasteiger partial charge in [-0.15, -0.1) is 0 Å². The Labute approximate surface area is 81.8 Å². The third kappa shape index (κ3) is 2.56. The number of rotatable bonds is 4. The summed E-state index contributed by atoms with van der Waals surface area (Å²) in [5.41, 5.74) is 0. The second-order valence-electron chi connectivity index (χ2n) is 3.20. The summed E-state index contributed by atoms with van der Waals surface area (Å²) in [6, 6.07) is 5.76. The fourth-order valence-corrected chi connectivity index (χ4v) is 1.94. The fourth-order valence-electron chi connectivity index (χ4n) is 1.10. The van der Waals surface area contributed by atoms with Crippen molar-refractivity contribution >= 4 is 17.5 Å². The van der Waals surface area contributed by atoms with Crippen molar-refractivity contribution in [3.8, 4) is 0 Å². The Morgan fingerprint density at radius 2 is 2.38 bits per heavy atom. The number of hydrogen-bond acceptors (Lipinski definition) is 3. The Kier molecular flexibility index (Phi) is 2.64. The summed E-state index contributed by atoms with van der Waals surface area (Å²) < 4.78 is 0. The molecule has 1 aliphatic rings. The molecule has 2 nitrogen and oxygen atoms in total. The lowest BCUT2D eigenvalue weighted by Crippen LogP contribution is -2.03. The van der Waals surface area contributed by atoms with Gasteiger partial charge in [0.05, 0.1) is 10.8 Å². The number of ketones is 1. The standard InChI is InChI=1S/C10H11NOS/c12-9(8-4-5-8)7-13-10-3-1-2-6-11-10/h1-3,6,8H,4-5,7H2. The van der Waals surface area contributed by atoms with Crippen LogP contribution in [0.2, 0.25) is 0 Å². The Morgan fingerprint density at radius 3 is 3.00 bits per heavy atom. The molecule has 2 rings (SSSR count). The van der Waals surface area contributed by atoms with E-state index in [4.69, 9.17) is 0 Å². The summed E-state index contributed by atoms with van der Waals surface area (Å²) in [5, 5.41) is 0.941. The third-order valence-corrected chi connectivity index (χ3v) is 3.00. The summed E-state index contributed by atoms with van der Waals surface area (Å²) >= 11 is 1.54. The largest absolute Gasteiger partial charge is 0.298 e. The number of aromatic nitrogens is 1. The summed E-state index contributed by atoms with van der Waals surface area (Å²) in [7, 11) is 0. The highest BCUT2D eigenvalue weighted by Crippen LogP contribution is 2.31. The van der Waals surface area contributed by atoms with Crippen molar-refractivity contribution in [3.05, 3.63) is 24.4 Å². The number of carbonyl (C=O) groups is 1. The van der Waals surface area contributed by atoms with Gasteiger partial charge in [-0.2, -0.15) is 0 Å². The molecular weight excluding hydrogens is 182 g/mol. The van der Waals surface area contributed by atoms with Gasteiger partial charge in [-0.1, -0.05) is 17.8 Å². The summed E-state index contributed by atoms with van der Waals surface area (Å²) in [4.78, 5) is 15.5. The van der Waals surface area contributed by atoms with Gasteiger partial charge in [-0.05, 0) is 25.0 Å². The molecule has 68 valence electrons. The third-order valence-electron chi connectivity index (χ3n) is 2.03.